The maximum atomic E-state index is 11.9. The lowest BCUT2D eigenvalue weighted by Gasteiger charge is -2.44. The summed E-state index contributed by atoms with van der Waals surface area (Å²) >= 11 is 0. The number of esters is 4. The molecule has 16 nitrogen and oxygen atoms in total. The van der Waals surface area contributed by atoms with Crippen LogP contribution in [0.15, 0.2) is 18.2 Å². The van der Waals surface area contributed by atoms with Gasteiger partial charge in [-0.15, -0.1) is 0 Å². The van der Waals surface area contributed by atoms with E-state index >= 15 is 0 Å². The van der Waals surface area contributed by atoms with Crippen LogP contribution >= 0.6 is 0 Å². The summed E-state index contributed by atoms with van der Waals surface area (Å²) in [5, 5.41) is 25.3. The Bertz CT molecular complexity index is 1060. The fourth-order valence-corrected chi connectivity index (χ4v) is 3.41. The summed E-state index contributed by atoms with van der Waals surface area (Å²) < 4.78 is 26.4. The molecular formula is C20H23N3O13. The number of nitro groups is 2. The number of rotatable bonds is 9. The molecule has 16 heteroatoms. The lowest BCUT2D eigenvalue weighted by atomic mass is 9.95. The van der Waals surface area contributed by atoms with Crippen molar-refractivity contribution in [3.63, 3.8) is 0 Å². The van der Waals surface area contributed by atoms with E-state index < -0.39 is 82.3 Å². The van der Waals surface area contributed by atoms with Crippen molar-refractivity contribution < 1.29 is 52.7 Å². The number of nitrogens with one attached hydrogen (secondary N) is 1. The third-order valence-corrected chi connectivity index (χ3v) is 4.69. The lowest BCUT2D eigenvalue weighted by molar-refractivity contribution is -0.393. The fourth-order valence-electron chi connectivity index (χ4n) is 3.41. The molecule has 1 aromatic carbocycles. The molecule has 0 radical (unpaired) electrons. The molecule has 0 bridgehead atoms. The predicted octanol–water partition coefficient (Wildman–Crippen LogP) is 0.998. The van der Waals surface area contributed by atoms with Gasteiger partial charge in [0.1, 0.15) is 24.4 Å². The van der Waals surface area contributed by atoms with E-state index in [1.807, 2.05) is 0 Å². The minimum absolute atomic E-state index is 0.284. The summed E-state index contributed by atoms with van der Waals surface area (Å²) in [5.41, 5.74) is -1.58. The number of anilines is 1. The Morgan fingerprint density at radius 3 is 1.97 bits per heavy atom. The maximum absolute atomic E-state index is 11.9. The Labute approximate surface area is 203 Å². The average Bonchev–Trinajstić information content (AvgIpc) is 2.75. The molecular weight excluding hydrogens is 490 g/mol. The Hall–Kier alpha value is -4.34. The van der Waals surface area contributed by atoms with Crippen molar-refractivity contribution in [1.29, 1.82) is 0 Å². The zero-order valence-electron chi connectivity index (χ0n) is 19.5. The van der Waals surface area contributed by atoms with Gasteiger partial charge < -0.3 is 29.0 Å². The second-order valence-electron chi connectivity index (χ2n) is 7.49. The van der Waals surface area contributed by atoms with Gasteiger partial charge in [-0.1, -0.05) is 0 Å². The highest BCUT2D eigenvalue weighted by molar-refractivity contribution is 5.69. The molecule has 1 fully saturated rings. The number of nitro benzene ring substituents is 2. The second-order valence-corrected chi connectivity index (χ2v) is 7.49. The van der Waals surface area contributed by atoms with Crippen LogP contribution < -0.4 is 5.32 Å². The highest BCUT2D eigenvalue weighted by Crippen LogP contribution is 2.34. The molecule has 0 aliphatic carbocycles. The van der Waals surface area contributed by atoms with Gasteiger partial charge in [-0.05, 0) is 6.07 Å². The van der Waals surface area contributed by atoms with Crippen LogP contribution in [0.2, 0.25) is 0 Å². The van der Waals surface area contributed by atoms with E-state index in [1.165, 1.54) is 0 Å². The molecule has 1 saturated heterocycles. The number of nitrogens with zero attached hydrogens (tertiary/aromatic N) is 2. The first-order chi connectivity index (χ1) is 16.8. The highest BCUT2D eigenvalue weighted by Gasteiger charge is 2.52. The molecule has 1 N–H and O–H groups in total. The molecule has 0 amide bonds. The summed E-state index contributed by atoms with van der Waals surface area (Å²) in [5.74, 6) is -3.27. The Morgan fingerprint density at radius 2 is 1.47 bits per heavy atom. The standard InChI is InChI=1S/C20H23N3O13/c1-9(24)32-8-16-18(33-10(2)25)19(34-11(3)26)17(20(36-16)35-12(4)27)21-14-6-5-13(22(28)29)7-15(14)23(30)31/h5-7,16-21H,8H2,1-4H3/t16-,17-,18-,19-,20-/m1/s1. The summed E-state index contributed by atoms with van der Waals surface area (Å²) in [6.45, 7) is 3.74. The molecule has 1 aromatic rings. The molecule has 0 unspecified atom stereocenters. The van der Waals surface area contributed by atoms with E-state index in [2.05, 4.69) is 5.32 Å². The summed E-state index contributed by atoms with van der Waals surface area (Å²) in [6.07, 6.45) is -5.79. The molecule has 196 valence electrons. The smallest absolute Gasteiger partial charge is 0.305 e. The van der Waals surface area contributed by atoms with Crippen LogP contribution in [0.3, 0.4) is 0 Å². The zero-order chi connectivity index (χ0) is 27.2. The maximum Gasteiger partial charge on any atom is 0.305 e. The SMILES string of the molecule is CC(=O)OC[C@H]1O[C@@H](OC(C)=O)[C@H](Nc2ccc([N+](=O)[O-])cc2[N+](=O)[O-])[C@@H](OC(C)=O)[C@@H]1OC(C)=O. The van der Waals surface area contributed by atoms with Crippen LogP contribution in [-0.2, 0) is 42.9 Å². The number of carbonyl (C=O) groups excluding carboxylic acids is 4. The first-order valence-corrected chi connectivity index (χ1v) is 10.3. The van der Waals surface area contributed by atoms with Crippen LogP contribution in [0, 0.1) is 20.2 Å². The van der Waals surface area contributed by atoms with E-state index in [0.29, 0.717) is 6.07 Å². The molecule has 1 aliphatic rings. The van der Waals surface area contributed by atoms with Gasteiger partial charge in [0.2, 0.25) is 6.29 Å². The first-order valence-electron chi connectivity index (χ1n) is 10.3. The lowest BCUT2D eigenvalue weighted by Crippen LogP contribution is -2.64. The normalized spacial score (nSPS) is 23.1. The van der Waals surface area contributed by atoms with Crippen LogP contribution in [0.5, 0.6) is 0 Å². The Morgan fingerprint density at radius 1 is 0.889 bits per heavy atom. The summed E-state index contributed by atoms with van der Waals surface area (Å²) in [6, 6.07) is 1.28. The van der Waals surface area contributed by atoms with Gasteiger partial charge >= 0.3 is 23.9 Å². The number of hydrogen-bond donors (Lipinski definition) is 1. The largest absolute Gasteiger partial charge is 0.463 e. The fraction of sp³-hybridized carbons (Fsp3) is 0.500. The van der Waals surface area contributed by atoms with Crippen LogP contribution in [0.4, 0.5) is 17.1 Å². The van der Waals surface area contributed by atoms with Crippen molar-refractivity contribution in [3.8, 4) is 0 Å². The Kier molecular flexibility index (Phi) is 9.20. The van der Waals surface area contributed by atoms with E-state index in [0.717, 1.165) is 39.8 Å². The zero-order valence-corrected chi connectivity index (χ0v) is 19.5. The van der Waals surface area contributed by atoms with Crippen molar-refractivity contribution in [2.45, 2.75) is 58.3 Å². The molecule has 1 heterocycles. The van der Waals surface area contributed by atoms with Gasteiger partial charge in [0.15, 0.2) is 12.2 Å². The van der Waals surface area contributed by atoms with Gasteiger partial charge in [0.25, 0.3) is 11.4 Å². The van der Waals surface area contributed by atoms with Crippen molar-refractivity contribution in [1.82, 2.24) is 0 Å². The molecule has 0 aromatic heterocycles. The van der Waals surface area contributed by atoms with Gasteiger partial charge in [-0.2, -0.15) is 0 Å². The average molecular weight is 513 g/mol. The van der Waals surface area contributed by atoms with E-state index in [-0.39, 0.29) is 5.69 Å². The number of ether oxygens (including phenoxy) is 5. The van der Waals surface area contributed by atoms with Gasteiger partial charge in [0.05, 0.1) is 15.9 Å². The second kappa shape index (κ2) is 11.9. The number of carbonyl (C=O) groups is 4. The summed E-state index contributed by atoms with van der Waals surface area (Å²) in [7, 11) is 0. The monoisotopic (exact) mass is 513 g/mol. The highest BCUT2D eigenvalue weighted by atomic mass is 16.7. The minimum Gasteiger partial charge on any atom is -0.463 e. The van der Waals surface area contributed by atoms with Gasteiger partial charge in [0, 0.05) is 33.8 Å². The molecule has 0 saturated carbocycles. The molecule has 1 aliphatic heterocycles. The first kappa shape index (κ1) is 27.9. The summed E-state index contributed by atoms with van der Waals surface area (Å²) in [4.78, 5) is 67.8. The molecule has 2 rings (SSSR count). The third kappa shape index (κ3) is 7.33. The van der Waals surface area contributed by atoms with Crippen molar-refractivity contribution in [2.24, 2.45) is 0 Å². The Balaban J connectivity index is 2.60. The van der Waals surface area contributed by atoms with Crippen molar-refractivity contribution >= 4 is 40.9 Å². The van der Waals surface area contributed by atoms with Gasteiger partial charge in [-0.25, -0.2) is 0 Å². The van der Waals surface area contributed by atoms with Crippen molar-refractivity contribution in [2.75, 3.05) is 11.9 Å². The van der Waals surface area contributed by atoms with E-state index in [1.54, 1.807) is 0 Å². The number of hydrogen-bond acceptors (Lipinski definition) is 14. The van der Waals surface area contributed by atoms with Crippen LogP contribution in [0.1, 0.15) is 27.7 Å². The number of non-ortho nitro benzene ring substituents is 1. The number of benzene rings is 1. The minimum atomic E-state index is -1.60. The third-order valence-electron chi connectivity index (χ3n) is 4.69. The molecule has 5 atom stereocenters. The predicted molar refractivity (Wildman–Crippen MR) is 115 cm³/mol. The molecule has 0 spiro atoms. The topological polar surface area (TPSA) is 213 Å². The van der Waals surface area contributed by atoms with Gasteiger partial charge in [-0.3, -0.25) is 39.4 Å². The van der Waals surface area contributed by atoms with Crippen LogP contribution in [0.25, 0.3) is 0 Å². The van der Waals surface area contributed by atoms with E-state index in [9.17, 15) is 39.4 Å². The quantitative estimate of drug-likeness (QED) is 0.211. The molecule has 36 heavy (non-hydrogen) atoms. The van der Waals surface area contributed by atoms with E-state index in [4.69, 9.17) is 23.7 Å². The van der Waals surface area contributed by atoms with Crippen LogP contribution in [-0.4, -0.2) is 71.0 Å². The van der Waals surface area contributed by atoms with Crippen molar-refractivity contribution in [3.05, 3.63) is 38.4 Å².